The van der Waals surface area contributed by atoms with Gasteiger partial charge in [0, 0.05) is 24.5 Å². The smallest absolute Gasteiger partial charge is 0.334 e. The van der Waals surface area contributed by atoms with Gasteiger partial charge in [0.15, 0.2) is 0 Å². The largest absolute Gasteiger partial charge is 0.433 e. The normalized spacial score (nSPS) is 20.9. The van der Waals surface area contributed by atoms with E-state index in [0.29, 0.717) is 34.8 Å². The molecule has 1 amide bonds. The number of piperidine rings is 1. The average molecular weight is 408 g/mol. The van der Waals surface area contributed by atoms with Crippen molar-refractivity contribution in [2.24, 2.45) is 11.7 Å². The summed E-state index contributed by atoms with van der Waals surface area (Å²) in [5.74, 6) is 0.355. The molecule has 9 heteroatoms. The van der Waals surface area contributed by atoms with Gasteiger partial charge in [-0.05, 0) is 43.4 Å². The van der Waals surface area contributed by atoms with Gasteiger partial charge in [-0.2, -0.15) is 13.2 Å². The van der Waals surface area contributed by atoms with Crippen LogP contribution in [0.4, 0.5) is 13.2 Å². The van der Waals surface area contributed by atoms with Crippen molar-refractivity contribution in [3.63, 3.8) is 0 Å². The molecule has 0 radical (unpaired) electrons. The monoisotopic (exact) mass is 407 g/mol. The number of nitrogens with two attached hydrogens (primary N) is 1. The molecule has 2 aromatic rings. The lowest BCUT2D eigenvalue weighted by Gasteiger charge is -2.37. The Morgan fingerprint density at radius 2 is 2.12 bits per heavy atom. The number of amides is 1. The third kappa shape index (κ3) is 3.82. The van der Waals surface area contributed by atoms with Crippen LogP contribution in [0.1, 0.15) is 40.7 Å². The molecule has 26 heavy (non-hydrogen) atoms. The number of aromatic nitrogens is 1. The Bertz CT molecular complexity index is 808. The van der Waals surface area contributed by atoms with Crippen molar-refractivity contribution >= 4 is 39.9 Å². The summed E-state index contributed by atoms with van der Waals surface area (Å²) in [6.45, 7) is 4.90. The van der Waals surface area contributed by atoms with E-state index in [9.17, 15) is 18.0 Å². The fourth-order valence-electron chi connectivity index (χ4n) is 3.33. The van der Waals surface area contributed by atoms with Gasteiger partial charge in [-0.3, -0.25) is 4.79 Å². The number of rotatable bonds is 2. The lowest BCUT2D eigenvalue weighted by atomic mass is 9.92. The van der Waals surface area contributed by atoms with E-state index in [1.807, 2.05) is 0 Å². The van der Waals surface area contributed by atoms with Gasteiger partial charge >= 0.3 is 6.18 Å². The maximum Gasteiger partial charge on any atom is 0.433 e. The molecule has 4 nitrogen and oxygen atoms in total. The third-order valence-electron chi connectivity index (χ3n) is 4.80. The van der Waals surface area contributed by atoms with Crippen molar-refractivity contribution in [2.75, 3.05) is 13.1 Å². The Kier molecular flexibility index (Phi) is 6.20. The number of halogens is 4. The van der Waals surface area contributed by atoms with Crippen LogP contribution < -0.4 is 5.73 Å². The Balaban J connectivity index is 0.00000243. The van der Waals surface area contributed by atoms with Crippen molar-refractivity contribution in [1.29, 1.82) is 0 Å². The highest BCUT2D eigenvalue weighted by atomic mass is 35.5. The Morgan fingerprint density at radius 1 is 1.42 bits per heavy atom. The van der Waals surface area contributed by atoms with Crippen LogP contribution in [0.2, 0.25) is 0 Å². The summed E-state index contributed by atoms with van der Waals surface area (Å²) >= 11 is 1.03. The second kappa shape index (κ2) is 7.70. The molecule has 2 aromatic heterocycles. The number of likely N-dealkylation sites (tertiary alicyclic amines) is 1. The Morgan fingerprint density at radius 3 is 2.73 bits per heavy atom. The molecule has 2 unspecified atom stereocenters. The van der Waals surface area contributed by atoms with Crippen LogP contribution in [0.15, 0.2) is 12.1 Å². The third-order valence-corrected chi connectivity index (χ3v) is 5.99. The van der Waals surface area contributed by atoms with Crippen molar-refractivity contribution in [3.05, 3.63) is 28.3 Å². The lowest BCUT2D eigenvalue weighted by molar-refractivity contribution is -0.140. The molecular formula is C17H21ClF3N3OS. The summed E-state index contributed by atoms with van der Waals surface area (Å²) in [4.78, 5) is 19.1. The van der Waals surface area contributed by atoms with Crippen LogP contribution in [-0.4, -0.2) is 34.9 Å². The lowest BCUT2D eigenvalue weighted by Crippen LogP contribution is -2.49. The molecule has 0 saturated carbocycles. The van der Waals surface area contributed by atoms with Gasteiger partial charge in [-0.1, -0.05) is 6.92 Å². The molecule has 0 aromatic carbocycles. The molecule has 3 heterocycles. The molecule has 1 saturated heterocycles. The Labute approximate surface area is 160 Å². The number of carbonyl (C=O) groups is 1. The summed E-state index contributed by atoms with van der Waals surface area (Å²) in [6.07, 6.45) is -2.74. The summed E-state index contributed by atoms with van der Waals surface area (Å²) in [6, 6.07) is 2.33. The molecule has 0 aliphatic carbocycles. The number of hydrogen-bond acceptors (Lipinski definition) is 4. The van der Waals surface area contributed by atoms with Gasteiger partial charge in [0.05, 0.1) is 4.88 Å². The maximum atomic E-state index is 13.0. The summed E-state index contributed by atoms with van der Waals surface area (Å²) in [7, 11) is 0. The minimum Gasteiger partial charge on any atom is -0.334 e. The second-order valence-electron chi connectivity index (χ2n) is 6.62. The van der Waals surface area contributed by atoms with E-state index in [2.05, 4.69) is 11.9 Å². The quantitative estimate of drug-likeness (QED) is 0.809. The van der Waals surface area contributed by atoms with Gasteiger partial charge in [0.1, 0.15) is 10.5 Å². The number of pyridine rings is 1. The van der Waals surface area contributed by atoms with Gasteiger partial charge in [-0.25, -0.2) is 4.98 Å². The number of carbonyl (C=O) groups excluding carboxylic acids is 1. The molecule has 144 valence electrons. The van der Waals surface area contributed by atoms with E-state index in [1.54, 1.807) is 11.8 Å². The first-order chi connectivity index (χ1) is 11.7. The zero-order valence-electron chi connectivity index (χ0n) is 14.5. The zero-order valence-corrected chi connectivity index (χ0v) is 16.1. The van der Waals surface area contributed by atoms with Crippen molar-refractivity contribution in [1.82, 2.24) is 9.88 Å². The molecule has 2 N–H and O–H groups in total. The Hall–Kier alpha value is -1.38. The highest BCUT2D eigenvalue weighted by Crippen LogP contribution is 2.35. The fraction of sp³-hybridized carbons (Fsp3) is 0.529. The molecule has 2 atom stereocenters. The first kappa shape index (κ1) is 20.9. The van der Waals surface area contributed by atoms with Crippen molar-refractivity contribution in [3.8, 4) is 0 Å². The zero-order chi connectivity index (χ0) is 18.4. The molecule has 1 aliphatic rings. The topological polar surface area (TPSA) is 59.2 Å². The molecular weight excluding hydrogens is 387 g/mol. The van der Waals surface area contributed by atoms with Crippen LogP contribution in [0.25, 0.3) is 10.2 Å². The summed E-state index contributed by atoms with van der Waals surface area (Å²) < 4.78 is 38.6. The van der Waals surface area contributed by atoms with Gasteiger partial charge in [0.25, 0.3) is 5.91 Å². The van der Waals surface area contributed by atoms with E-state index in [1.165, 1.54) is 6.07 Å². The summed E-state index contributed by atoms with van der Waals surface area (Å²) in [5.41, 5.74) is 5.57. The standard InChI is InChI=1S/C17H20F3N3OS.ClH/c1-9-5-6-23(11(7-9)8-21)16(24)14-10(2)12-3-4-13(17(18,19)20)22-15(12)25-14;/h3-4,9,11H,5-8,21H2,1-2H3;1H. The highest BCUT2D eigenvalue weighted by Gasteiger charge is 2.34. The minimum atomic E-state index is -4.50. The van der Waals surface area contributed by atoms with Crippen LogP contribution >= 0.6 is 23.7 Å². The van der Waals surface area contributed by atoms with Gasteiger partial charge < -0.3 is 10.6 Å². The molecule has 1 fully saturated rings. The minimum absolute atomic E-state index is 0. The molecule has 0 spiro atoms. The van der Waals surface area contributed by atoms with Crippen LogP contribution in [0.3, 0.4) is 0 Å². The summed E-state index contributed by atoms with van der Waals surface area (Å²) in [5, 5.41) is 0.594. The van der Waals surface area contributed by atoms with E-state index >= 15 is 0 Å². The van der Waals surface area contributed by atoms with E-state index in [4.69, 9.17) is 5.73 Å². The SMILES string of the molecule is Cc1c(C(=O)N2CCC(C)CC2CN)sc2nc(C(F)(F)F)ccc12.Cl. The number of aryl methyl sites for hydroxylation is 1. The second-order valence-corrected chi connectivity index (χ2v) is 7.62. The van der Waals surface area contributed by atoms with E-state index < -0.39 is 11.9 Å². The maximum absolute atomic E-state index is 13.0. The van der Waals surface area contributed by atoms with E-state index in [-0.39, 0.29) is 29.2 Å². The van der Waals surface area contributed by atoms with Gasteiger partial charge in [-0.15, -0.1) is 23.7 Å². The number of hydrogen-bond donors (Lipinski definition) is 1. The highest BCUT2D eigenvalue weighted by molar-refractivity contribution is 7.20. The number of fused-ring (bicyclic) bond motifs is 1. The molecule has 3 rings (SSSR count). The van der Waals surface area contributed by atoms with Crippen LogP contribution in [-0.2, 0) is 6.18 Å². The number of alkyl halides is 3. The van der Waals surface area contributed by atoms with Crippen LogP contribution in [0, 0.1) is 12.8 Å². The first-order valence-corrected chi connectivity index (χ1v) is 9.02. The number of nitrogens with zero attached hydrogens (tertiary/aromatic N) is 2. The van der Waals surface area contributed by atoms with Gasteiger partial charge in [0.2, 0.25) is 0 Å². The molecule has 0 bridgehead atoms. The first-order valence-electron chi connectivity index (χ1n) is 8.20. The van der Waals surface area contributed by atoms with Crippen molar-refractivity contribution in [2.45, 2.75) is 38.9 Å². The van der Waals surface area contributed by atoms with Crippen LogP contribution in [0.5, 0.6) is 0 Å². The van der Waals surface area contributed by atoms with Crippen molar-refractivity contribution < 1.29 is 18.0 Å². The predicted octanol–water partition coefficient (Wildman–Crippen LogP) is 4.24. The predicted molar refractivity (Wildman–Crippen MR) is 98.9 cm³/mol. The molecule has 1 aliphatic heterocycles. The average Bonchev–Trinajstić information content (AvgIpc) is 2.89. The number of thiophene rings is 1. The van der Waals surface area contributed by atoms with E-state index in [0.717, 1.165) is 30.2 Å². The fourth-order valence-corrected chi connectivity index (χ4v) is 4.47.